The molecule has 1 amide bonds. The van der Waals surface area contributed by atoms with E-state index in [4.69, 9.17) is 19.9 Å². The van der Waals surface area contributed by atoms with E-state index < -0.39 is 12.0 Å². The highest BCUT2D eigenvalue weighted by molar-refractivity contribution is 5.82. The van der Waals surface area contributed by atoms with Gasteiger partial charge in [0.25, 0.3) is 5.91 Å². The van der Waals surface area contributed by atoms with Crippen LogP contribution in [0, 0.1) is 0 Å². The highest BCUT2D eigenvalue weighted by Crippen LogP contribution is 2.02. The van der Waals surface area contributed by atoms with Crippen LogP contribution < -0.4 is 5.73 Å². The highest BCUT2D eigenvalue weighted by Gasteiger charge is 2.21. The highest BCUT2D eigenvalue weighted by atomic mass is 16.5. The van der Waals surface area contributed by atoms with Gasteiger partial charge in [-0.1, -0.05) is 30.3 Å². The minimum absolute atomic E-state index is 0.0411. The Morgan fingerprint density at radius 1 is 1.22 bits per heavy atom. The third-order valence-electron chi connectivity index (χ3n) is 3.41. The number of hydrogen-bond acceptors (Lipinski definition) is 6. The van der Waals surface area contributed by atoms with Crippen molar-refractivity contribution in [1.82, 2.24) is 4.90 Å². The van der Waals surface area contributed by atoms with Crippen LogP contribution in [0.15, 0.2) is 30.3 Å². The molecule has 2 rings (SSSR count). The summed E-state index contributed by atoms with van der Waals surface area (Å²) in [6, 6.07) is 8.67. The maximum Gasteiger partial charge on any atom is 0.325 e. The summed E-state index contributed by atoms with van der Waals surface area (Å²) >= 11 is 0. The van der Waals surface area contributed by atoms with Crippen LogP contribution >= 0.6 is 0 Å². The van der Waals surface area contributed by atoms with Crippen molar-refractivity contribution in [3.8, 4) is 0 Å². The molecule has 1 aromatic carbocycles. The molecule has 0 aliphatic carbocycles. The number of ether oxygens (including phenoxy) is 3. The first kappa shape index (κ1) is 17.4. The first-order valence-corrected chi connectivity index (χ1v) is 7.56. The minimum Gasteiger partial charge on any atom is -0.454 e. The molecular weight excluding hydrogens is 300 g/mol. The molecule has 7 heteroatoms. The summed E-state index contributed by atoms with van der Waals surface area (Å²) in [5.74, 6) is -0.876. The number of benzene rings is 1. The van der Waals surface area contributed by atoms with Gasteiger partial charge in [-0.05, 0) is 5.56 Å². The van der Waals surface area contributed by atoms with Gasteiger partial charge in [0.15, 0.2) is 6.61 Å². The lowest BCUT2D eigenvalue weighted by molar-refractivity contribution is -0.155. The lowest BCUT2D eigenvalue weighted by Gasteiger charge is -2.26. The van der Waals surface area contributed by atoms with Gasteiger partial charge >= 0.3 is 5.97 Å². The molecule has 0 unspecified atom stereocenters. The number of rotatable bonds is 7. The van der Waals surface area contributed by atoms with Gasteiger partial charge in [-0.2, -0.15) is 0 Å². The van der Waals surface area contributed by atoms with Gasteiger partial charge in [0.1, 0.15) is 6.04 Å². The molecule has 0 radical (unpaired) electrons. The summed E-state index contributed by atoms with van der Waals surface area (Å²) in [6.45, 7) is 2.16. The molecule has 126 valence electrons. The average Bonchev–Trinajstić information content (AvgIpc) is 2.61. The molecule has 1 aliphatic rings. The molecule has 0 bridgehead atoms. The number of amides is 1. The van der Waals surface area contributed by atoms with E-state index in [0.29, 0.717) is 32.9 Å². The van der Waals surface area contributed by atoms with E-state index in [-0.39, 0.29) is 19.1 Å². The number of carbonyl (C=O) groups is 2. The van der Waals surface area contributed by atoms with Crippen molar-refractivity contribution < 1.29 is 23.8 Å². The second kappa shape index (κ2) is 9.24. The van der Waals surface area contributed by atoms with Crippen LogP contribution in [0.3, 0.4) is 0 Å². The summed E-state index contributed by atoms with van der Waals surface area (Å²) in [5.41, 5.74) is 6.70. The van der Waals surface area contributed by atoms with Gasteiger partial charge in [-0.3, -0.25) is 9.59 Å². The maximum absolute atomic E-state index is 11.8. The molecule has 23 heavy (non-hydrogen) atoms. The second-order valence-corrected chi connectivity index (χ2v) is 5.21. The smallest absolute Gasteiger partial charge is 0.325 e. The molecule has 0 aromatic heterocycles. The Morgan fingerprint density at radius 3 is 2.61 bits per heavy atom. The number of nitrogens with two attached hydrogens (primary N) is 1. The largest absolute Gasteiger partial charge is 0.454 e. The predicted octanol–water partition coefficient (Wildman–Crippen LogP) is -0.0675. The summed E-state index contributed by atoms with van der Waals surface area (Å²) < 4.78 is 15.5. The zero-order chi connectivity index (χ0) is 16.5. The van der Waals surface area contributed by atoms with Crippen molar-refractivity contribution in [1.29, 1.82) is 0 Å². The number of hydrogen-bond donors (Lipinski definition) is 1. The number of esters is 1. The summed E-state index contributed by atoms with van der Waals surface area (Å²) in [4.78, 5) is 25.2. The van der Waals surface area contributed by atoms with Crippen LogP contribution in [0.5, 0.6) is 0 Å². The lowest BCUT2D eigenvalue weighted by atomic mass is 10.2. The third kappa shape index (κ3) is 5.97. The summed E-state index contributed by atoms with van der Waals surface area (Å²) in [7, 11) is 0. The zero-order valence-corrected chi connectivity index (χ0v) is 13.0. The Morgan fingerprint density at radius 2 is 1.91 bits per heavy atom. The van der Waals surface area contributed by atoms with Gasteiger partial charge in [-0.25, -0.2) is 0 Å². The quantitative estimate of drug-likeness (QED) is 0.707. The first-order chi connectivity index (χ1) is 11.2. The maximum atomic E-state index is 11.8. The average molecular weight is 322 g/mol. The Labute approximate surface area is 135 Å². The molecule has 7 nitrogen and oxygen atoms in total. The van der Waals surface area contributed by atoms with E-state index in [9.17, 15) is 9.59 Å². The van der Waals surface area contributed by atoms with Crippen LogP contribution in [-0.4, -0.2) is 62.3 Å². The third-order valence-corrected chi connectivity index (χ3v) is 3.41. The molecule has 0 spiro atoms. The standard InChI is InChI=1S/C16H22N2O5/c17-14(11-22-10-13-4-2-1-3-5-13)16(20)23-12-15(19)18-6-8-21-9-7-18/h1-5,14H,6-12,17H2/t14-/m0/s1. The van der Waals surface area contributed by atoms with Crippen LogP contribution in [0.1, 0.15) is 5.56 Å². The van der Waals surface area contributed by atoms with E-state index in [0.717, 1.165) is 5.56 Å². The molecule has 2 N–H and O–H groups in total. The second-order valence-electron chi connectivity index (χ2n) is 5.21. The van der Waals surface area contributed by atoms with E-state index in [1.807, 2.05) is 30.3 Å². The van der Waals surface area contributed by atoms with Gasteiger partial charge in [0.2, 0.25) is 0 Å². The van der Waals surface area contributed by atoms with Crippen molar-refractivity contribution in [2.45, 2.75) is 12.6 Å². The fourth-order valence-electron chi connectivity index (χ4n) is 2.09. The van der Waals surface area contributed by atoms with Crippen LogP contribution in [0.4, 0.5) is 0 Å². The lowest BCUT2D eigenvalue weighted by Crippen LogP contribution is -2.44. The SMILES string of the molecule is N[C@@H](COCc1ccccc1)C(=O)OCC(=O)N1CCOCC1. The fourth-order valence-corrected chi connectivity index (χ4v) is 2.09. The Hall–Kier alpha value is -1.96. The Bertz CT molecular complexity index is 502. The van der Waals surface area contributed by atoms with Gasteiger partial charge < -0.3 is 24.8 Å². The number of morpholine rings is 1. The van der Waals surface area contributed by atoms with Crippen molar-refractivity contribution in [3.05, 3.63) is 35.9 Å². The van der Waals surface area contributed by atoms with Crippen molar-refractivity contribution in [3.63, 3.8) is 0 Å². The molecule has 1 atom stereocenters. The molecule has 1 aromatic rings. The van der Waals surface area contributed by atoms with Crippen molar-refractivity contribution >= 4 is 11.9 Å². The van der Waals surface area contributed by atoms with E-state index in [1.165, 1.54) is 0 Å². The van der Waals surface area contributed by atoms with Gasteiger partial charge in [0.05, 0.1) is 26.4 Å². The molecular formula is C16H22N2O5. The van der Waals surface area contributed by atoms with E-state index >= 15 is 0 Å². The van der Waals surface area contributed by atoms with E-state index in [2.05, 4.69) is 0 Å². The van der Waals surface area contributed by atoms with Crippen LogP contribution in [-0.2, 0) is 30.4 Å². The van der Waals surface area contributed by atoms with Gasteiger partial charge in [-0.15, -0.1) is 0 Å². The number of carbonyl (C=O) groups excluding carboxylic acids is 2. The monoisotopic (exact) mass is 322 g/mol. The van der Waals surface area contributed by atoms with E-state index in [1.54, 1.807) is 4.90 Å². The zero-order valence-electron chi connectivity index (χ0n) is 13.0. The number of nitrogens with zero attached hydrogens (tertiary/aromatic N) is 1. The van der Waals surface area contributed by atoms with Crippen molar-refractivity contribution in [2.75, 3.05) is 39.5 Å². The topological polar surface area (TPSA) is 91.1 Å². The predicted molar refractivity (Wildman–Crippen MR) is 82.4 cm³/mol. The van der Waals surface area contributed by atoms with Crippen LogP contribution in [0.2, 0.25) is 0 Å². The molecule has 1 aliphatic heterocycles. The molecule has 0 saturated carbocycles. The normalized spacial score (nSPS) is 16.0. The summed E-state index contributed by atoms with van der Waals surface area (Å²) in [5, 5.41) is 0. The minimum atomic E-state index is -0.906. The summed E-state index contributed by atoms with van der Waals surface area (Å²) in [6.07, 6.45) is 0. The molecule has 1 fully saturated rings. The Kier molecular flexibility index (Phi) is 6.99. The molecule has 1 saturated heterocycles. The van der Waals surface area contributed by atoms with Crippen molar-refractivity contribution in [2.24, 2.45) is 5.73 Å². The first-order valence-electron chi connectivity index (χ1n) is 7.56. The van der Waals surface area contributed by atoms with Crippen LogP contribution in [0.25, 0.3) is 0 Å². The Balaban J connectivity index is 1.63. The molecule has 1 heterocycles. The fraction of sp³-hybridized carbons (Fsp3) is 0.500. The van der Waals surface area contributed by atoms with Gasteiger partial charge in [0, 0.05) is 13.1 Å².